The average Bonchev–Trinajstić information content (AvgIpc) is 3.26. The van der Waals surface area contributed by atoms with Crippen LogP contribution >= 0.6 is 0 Å². The summed E-state index contributed by atoms with van der Waals surface area (Å²) in [5.74, 6) is 0.390. The molecule has 0 bridgehead atoms. The van der Waals surface area contributed by atoms with Crippen LogP contribution in [0.4, 0.5) is 0 Å². The van der Waals surface area contributed by atoms with Gasteiger partial charge in [-0.15, -0.1) is 0 Å². The summed E-state index contributed by atoms with van der Waals surface area (Å²) in [6, 6.07) is 19.6. The maximum absolute atomic E-state index is 11.9. The van der Waals surface area contributed by atoms with Gasteiger partial charge in [0.15, 0.2) is 12.0 Å². The predicted octanol–water partition coefficient (Wildman–Crippen LogP) is 4.13. The molecule has 162 valence electrons. The number of hydrogen-bond acceptors (Lipinski definition) is 5. The Hall–Kier alpha value is -3.73. The Labute approximate surface area is 186 Å². The molecule has 3 aromatic rings. The summed E-state index contributed by atoms with van der Waals surface area (Å²) in [6.07, 6.45) is 6.19. The molecule has 7 nitrogen and oxygen atoms in total. The lowest BCUT2D eigenvalue weighted by atomic mass is 10.1. The van der Waals surface area contributed by atoms with E-state index >= 15 is 0 Å². The van der Waals surface area contributed by atoms with Crippen molar-refractivity contribution in [2.24, 2.45) is 0 Å². The first-order valence-corrected chi connectivity index (χ1v) is 10.6. The fourth-order valence-electron chi connectivity index (χ4n) is 3.47. The highest BCUT2D eigenvalue weighted by Gasteiger charge is 2.15. The summed E-state index contributed by atoms with van der Waals surface area (Å²) >= 11 is 0. The summed E-state index contributed by atoms with van der Waals surface area (Å²) in [5, 5.41) is 9.42. The number of rotatable bonds is 7. The van der Waals surface area contributed by atoms with Gasteiger partial charge in [-0.1, -0.05) is 54.6 Å². The third-order valence-corrected chi connectivity index (χ3v) is 5.13. The number of hydrogen-bond donors (Lipinski definition) is 2. The first kappa shape index (κ1) is 21.5. The number of amides is 1. The molecule has 0 saturated carbocycles. The van der Waals surface area contributed by atoms with Gasteiger partial charge >= 0.3 is 0 Å². The highest BCUT2D eigenvalue weighted by Crippen LogP contribution is 2.22. The third-order valence-electron chi connectivity index (χ3n) is 5.13. The van der Waals surface area contributed by atoms with E-state index in [1.807, 2.05) is 54.6 Å². The second-order valence-electron chi connectivity index (χ2n) is 7.52. The van der Waals surface area contributed by atoms with Crippen LogP contribution in [0.15, 0.2) is 60.7 Å². The van der Waals surface area contributed by atoms with Gasteiger partial charge in [0.05, 0.1) is 5.69 Å². The number of hydroxylamine groups is 1. The number of imidazole rings is 1. The van der Waals surface area contributed by atoms with E-state index in [2.05, 4.69) is 21.5 Å². The van der Waals surface area contributed by atoms with Crippen molar-refractivity contribution < 1.29 is 14.4 Å². The number of aromatic nitrogens is 2. The van der Waals surface area contributed by atoms with Crippen LogP contribution in [0.2, 0.25) is 0 Å². The smallest absolute Gasteiger partial charge is 0.267 e. The number of carbonyl (C=O) groups is 1. The van der Waals surface area contributed by atoms with Gasteiger partial charge in [-0.3, -0.25) is 4.79 Å². The summed E-state index contributed by atoms with van der Waals surface area (Å²) in [4.78, 5) is 24.9. The Balaban J connectivity index is 1.34. The summed E-state index contributed by atoms with van der Waals surface area (Å²) < 4.78 is 5.41. The second-order valence-corrected chi connectivity index (χ2v) is 7.52. The van der Waals surface area contributed by atoms with E-state index in [-0.39, 0.29) is 12.2 Å². The molecular formula is C25H24N4O3. The normalized spacial score (nSPS) is 16.0. The Morgan fingerprint density at radius 2 is 2.03 bits per heavy atom. The van der Waals surface area contributed by atoms with Crippen LogP contribution in [0.1, 0.15) is 41.9 Å². The number of ether oxygens (including phenoxy) is 1. The second kappa shape index (κ2) is 10.5. The Morgan fingerprint density at radius 3 is 2.75 bits per heavy atom. The maximum Gasteiger partial charge on any atom is 0.267 e. The monoisotopic (exact) mass is 428 g/mol. The highest BCUT2D eigenvalue weighted by molar-refractivity contribution is 5.90. The van der Waals surface area contributed by atoms with Crippen molar-refractivity contribution in [1.29, 1.82) is 5.26 Å². The zero-order valence-corrected chi connectivity index (χ0v) is 17.6. The van der Waals surface area contributed by atoms with Crippen molar-refractivity contribution >= 4 is 12.0 Å². The van der Waals surface area contributed by atoms with E-state index in [0.717, 1.165) is 47.5 Å². The number of nitriles is 1. The van der Waals surface area contributed by atoms with E-state index in [4.69, 9.17) is 9.57 Å². The van der Waals surface area contributed by atoms with E-state index in [0.29, 0.717) is 18.7 Å². The first-order chi connectivity index (χ1) is 15.7. The van der Waals surface area contributed by atoms with Crippen molar-refractivity contribution in [2.75, 3.05) is 6.61 Å². The van der Waals surface area contributed by atoms with Crippen molar-refractivity contribution in [3.8, 4) is 17.3 Å². The molecule has 1 unspecified atom stereocenters. The number of benzene rings is 2. The fraction of sp³-hybridized carbons (Fsp3) is 0.240. The highest BCUT2D eigenvalue weighted by atomic mass is 16.8. The van der Waals surface area contributed by atoms with Crippen LogP contribution in [0.25, 0.3) is 17.3 Å². The van der Waals surface area contributed by atoms with Gasteiger partial charge in [0.25, 0.3) is 5.91 Å². The minimum atomic E-state index is -0.369. The van der Waals surface area contributed by atoms with Crippen LogP contribution in [0.5, 0.6) is 0 Å². The van der Waals surface area contributed by atoms with Gasteiger partial charge in [-0.05, 0) is 30.0 Å². The number of H-pyrrole nitrogens is 1. The fourth-order valence-corrected chi connectivity index (χ4v) is 3.47. The van der Waals surface area contributed by atoms with Crippen LogP contribution in [0.3, 0.4) is 0 Å². The molecule has 32 heavy (non-hydrogen) atoms. The molecule has 4 rings (SSSR count). The largest absolute Gasteiger partial charge is 0.350 e. The number of nitrogens with one attached hydrogen (secondary N) is 2. The molecule has 1 aliphatic rings. The quantitative estimate of drug-likeness (QED) is 0.435. The van der Waals surface area contributed by atoms with Gasteiger partial charge in [0, 0.05) is 31.1 Å². The molecule has 1 fully saturated rings. The van der Waals surface area contributed by atoms with Gasteiger partial charge < -0.3 is 9.72 Å². The van der Waals surface area contributed by atoms with E-state index in [1.54, 1.807) is 6.08 Å². The van der Waals surface area contributed by atoms with E-state index in [9.17, 15) is 10.1 Å². The minimum absolute atomic E-state index is 0.337. The van der Waals surface area contributed by atoms with Gasteiger partial charge in [-0.2, -0.15) is 5.26 Å². The van der Waals surface area contributed by atoms with Crippen molar-refractivity contribution in [3.05, 3.63) is 83.3 Å². The summed E-state index contributed by atoms with van der Waals surface area (Å²) in [6.45, 7) is 0.659. The van der Waals surface area contributed by atoms with Crippen LogP contribution in [-0.2, 0) is 20.8 Å². The standard InChI is InChI=1S/C25H24N4O3/c26-17-21-25(20-6-2-1-3-7-20)28-22(27-21)16-19-11-9-18(10-12-19)13-14-23(30)29-32-24-8-4-5-15-31-24/h1-3,6-7,9-14,24H,4-5,8,15-16H2,(H,27,28)(H,29,30)/b14-13+. The van der Waals surface area contributed by atoms with Gasteiger partial charge in [0.1, 0.15) is 11.9 Å². The molecule has 1 aromatic heterocycles. The molecule has 1 aliphatic heterocycles. The van der Waals surface area contributed by atoms with Gasteiger partial charge in [0.2, 0.25) is 0 Å². The average molecular weight is 428 g/mol. The Morgan fingerprint density at radius 1 is 1.22 bits per heavy atom. The summed E-state index contributed by atoms with van der Waals surface area (Å²) in [5.41, 5.74) is 6.39. The van der Waals surface area contributed by atoms with Crippen molar-refractivity contribution in [3.63, 3.8) is 0 Å². The van der Waals surface area contributed by atoms with Crippen LogP contribution < -0.4 is 5.48 Å². The molecule has 0 radical (unpaired) electrons. The molecular weight excluding hydrogens is 404 g/mol. The Bertz CT molecular complexity index is 1110. The van der Waals surface area contributed by atoms with Crippen LogP contribution in [-0.4, -0.2) is 28.8 Å². The lowest BCUT2D eigenvalue weighted by Crippen LogP contribution is -2.32. The third kappa shape index (κ3) is 5.70. The van der Waals surface area contributed by atoms with Crippen LogP contribution in [0, 0.1) is 11.3 Å². The van der Waals surface area contributed by atoms with Crippen molar-refractivity contribution in [1.82, 2.24) is 15.4 Å². The molecule has 2 aromatic carbocycles. The molecule has 2 N–H and O–H groups in total. The lowest BCUT2D eigenvalue weighted by molar-refractivity contribution is -0.198. The molecule has 0 spiro atoms. The molecule has 7 heteroatoms. The maximum atomic E-state index is 11.9. The van der Waals surface area contributed by atoms with E-state index < -0.39 is 0 Å². The number of aromatic amines is 1. The molecule has 1 amide bonds. The molecule has 1 saturated heterocycles. The van der Waals surface area contributed by atoms with E-state index in [1.165, 1.54) is 6.08 Å². The topological polar surface area (TPSA) is 100 Å². The SMILES string of the molecule is N#Cc1nc(Cc2ccc(/C=C/C(=O)NOC3CCCCO3)cc2)[nH]c1-c1ccccc1. The molecule has 1 atom stereocenters. The lowest BCUT2D eigenvalue weighted by Gasteiger charge is -2.21. The number of nitrogens with zero attached hydrogens (tertiary/aromatic N) is 2. The zero-order chi connectivity index (χ0) is 22.2. The zero-order valence-electron chi connectivity index (χ0n) is 17.6. The summed E-state index contributed by atoms with van der Waals surface area (Å²) in [7, 11) is 0. The van der Waals surface area contributed by atoms with Gasteiger partial charge in [-0.25, -0.2) is 15.3 Å². The minimum Gasteiger partial charge on any atom is -0.350 e. The number of carbonyl (C=O) groups excluding carboxylic acids is 1. The predicted molar refractivity (Wildman–Crippen MR) is 120 cm³/mol. The molecule has 2 heterocycles. The Kier molecular flexibility index (Phi) is 7.08. The molecule has 0 aliphatic carbocycles. The van der Waals surface area contributed by atoms with Crippen molar-refractivity contribution in [2.45, 2.75) is 32.0 Å². The first-order valence-electron chi connectivity index (χ1n) is 10.6.